The Balaban J connectivity index is 1.57. The number of aliphatic imine (C=N–C) groups is 3. The Morgan fingerprint density at radius 2 is 1.60 bits per heavy atom. The summed E-state index contributed by atoms with van der Waals surface area (Å²) in [4.78, 5) is 54.5. The van der Waals surface area contributed by atoms with E-state index in [1.54, 1.807) is 19.1 Å². The third-order valence-corrected chi connectivity index (χ3v) is 11.7. The van der Waals surface area contributed by atoms with Crippen LogP contribution in [-0.2, 0) is 28.6 Å². The van der Waals surface area contributed by atoms with Crippen LogP contribution in [0.2, 0.25) is 0 Å². The van der Waals surface area contributed by atoms with E-state index in [-0.39, 0.29) is 42.0 Å². The zero-order valence-electron chi connectivity index (χ0n) is 30.9. The van der Waals surface area contributed by atoms with Gasteiger partial charge in [0.25, 0.3) is 0 Å². The molecule has 0 amide bonds. The molecule has 2 aliphatic carbocycles. The molecule has 0 aromatic carbocycles. The molecule has 0 aromatic rings. The fourth-order valence-electron chi connectivity index (χ4n) is 8.69. The summed E-state index contributed by atoms with van der Waals surface area (Å²) in [6.07, 6.45) is 5.78. The third kappa shape index (κ3) is 4.97. The fraction of sp³-hybridized carbons (Fsp3) is 0.400. The summed E-state index contributed by atoms with van der Waals surface area (Å²) >= 11 is 0. The van der Waals surface area contributed by atoms with Gasteiger partial charge in [-0.15, -0.1) is 0 Å². The molecule has 0 aromatic heterocycles. The van der Waals surface area contributed by atoms with Crippen LogP contribution < -0.4 is 5.32 Å². The Morgan fingerprint density at radius 3 is 2.26 bits per heavy atom. The lowest BCUT2D eigenvalue weighted by Crippen LogP contribution is -2.61. The fourth-order valence-corrected chi connectivity index (χ4v) is 8.69. The van der Waals surface area contributed by atoms with Gasteiger partial charge >= 0.3 is 17.9 Å². The van der Waals surface area contributed by atoms with Crippen molar-refractivity contribution in [3.63, 3.8) is 0 Å². The first-order chi connectivity index (χ1) is 25.1. The second-order valence-electron chi connectivity index (χ2n) is 14.2. The van der Waals surface area contributed by atoms with Gasteiger partial charge < -0.3 is 34.8 Å². The molecule has 4 N–H and O–H groups in total. The quantitative estimate of drug-likeness (QED) is 0.227. The Bertz CT molecular complexity index is 2220. The lowest BCUT2D eigenvalue weighted by atomic mass is 9.56. The van der Waals surface area contributed by atoms with Crippen LogP contribution in [0.3, 0.4) is 0 Å². The predicted molar refractivity (Wildman–Crippen MR) is 195 cm³/mol. The molecule has 7 rings (SSSR count). The van der Waals surface area contributed by atoms with E-state index in [0.717, 1.165) is 28.4 Å². The van der Waals surface area contributed by atoms with Gasteiger partial charge in [-0.1, -0.05) is 6.92 Å². The summed E-state index contributed by atoms with van der Waals surface area (Å²) in [5, 5.41) is 39.4. The first-order valence-corrected chi connectivity index (χ1v) is 17.5. The largest absolute Gasteiger partial charge is 0.511 e. The molecule has 8 bridgehead atoms. The molecule has 0 spiro atoms. The van der Waals surface area contributed by atoms with Crippen LogP contribution in [0.4, 0.5) is 0 Å². The molecule has 5 aliphatic heterocycles. The van der Waals surface area contributed by atoms with Crippen molar-refractivity contribution in [2.75, 3.05) is 21.3 Å². The summed E-state index contributed by atoms with van der Waals surface area (Å²) in [6.45, 7) is 9.28. The molecule has 0 saturated carbocycles. The first kappa shape index (κ1) is 36.0. The zero-order chi connectivity index (χ0) is 38.3. The number of hydrogen-bond acceptors (Lipinski definition) is 13. The van der Waals surface area contributed by atoms with Gasteiger partial charge in [0.05, 0.1) is 72.2 Å². The van der Waals surface area contributed by atoms with Crippen LogP contribution in [-0.4, -0.2) is 83.4 Å². The summed E-state index contributed by atoms with van der Waals surface area (Å²) in [6, 6.07) is 0. The second kappa shape index (κ2) is 12.6. The summed E-state index contributed by atoms with van der Waals surface area (Å²) in [7, 11) is 3.67. The average Bonchev–Trinajstić information content (AvgIpc) is 3.87. The minimum absolute atomic E-state index is 0.0603. The van der Waals surface area contributed by atoms with Gasteiger partial charge in [0.1, 0.15) is 23.4 Å². The SMILES string of the molecule is CCC1=C(C)C2=NC1=CC1=C(C)C3=C(O)CC(=C4N=C(C=C5NC(=C2)C2(O)C(O)C=C(C(=O)OC)C(C(=O)OC)C52C)C(C)=C4CCC(=O)OC)C3=N1. The molecule has 1 fully saturated rings. The maximum Gasteiger partial charge on any atom is 0.334 e. The number of nitrogens with one attached hydrogen (secondary N) is 1. The molecule has 276 valence electrons. The van der Waals surface area contributed by atoms with Crippen molar-refractivity contribution in [1.29, 1.82) is 0 Å². The number of nitrogens with zero attached hydrogens (tertiary/aromatic N) is 3. The third-order valence-electron chi connectivity index (χ3n) is 11.7. The molecule has 4 atom stereocenters. The van der Waals surface area contributed by atoms with E-state index >= 15 is 0 Å². The van der Waals surface area contributed by atoms with Crippen molar-refractivity contribution in [3.05, 3.63) is 103 Å². The molecule has 53 heavy (non-hydrogen) atoms. The number of aliphatic hydroxyl groups is 3. The molecule has 1 saturated heterocycles. The van der Waals surface area contributed by atoms with Gasteiger partial charge in [0.15, 0.2) is 0 Å². The molecular formula is C40H42N4O9. The highest BCUT2D eigenvalue weighted by Gasteiger charge is 2.69. The standard InChI is InChI=1S/C40H42N4O9/c1-9-20-17(2)25-16-30-40(50)31(46)13-22(37(48)52-7)34(38(49)53-8)39(40,5)29(44-30)15-26-18(3)21(10-11-32(47)51-6)35(42-26)23-12-28(45)33-19(4)24(43-36(23)33)14-27(20)41-25/h13-16,31,34,44-46,50H,9-12H2,1-8H3. The van der Waals surface area contributed by atoms with Gasteiger partial charge in [0, 0.05) is 29.7 Å². The Hall–Kier alpha value is -5.40. The van der Waals surface area contributed by atoms with Crippen molar-refractivity contribution in [2.45, 2.75) is 72.0 Å². The maximum atomic E-state index is 13.8. The number of ether oxygens (including phenoxy) is 3. The van der Waals surface area contributed by atoms with Gasteiger partial charge in [-0.3, -0.25) is 9.59 Å². The Kier molecular flexibility index (Phi) is 8.57. The lowest BCUT2D eigenvalue weighted by molar-refractivity contribution is -0.163. The smallest absolute Gasteiger partial charge is 0.334 e. The molecular weight excluding hydrogens is 680 g/mol. The molecule has 7 aliphatic rings. The molecule has 4 unspecified atom stereocenters. The van der Waals surface area contributed by atoms with E-state index < -0.39 is 40.9 Å². The molecule has 5 heterocycles. The van der Waals surface area contributed by atoms with E-state index in [9.17, 15) is 29.7 Å². The second-order valence-corrected chi connectivity index (χ2v) is 14.2. The minimum Gasteiger partial charge on any atom is -0.511 e. The first-order valence-electron chi connectivity index (χ1n) is 17.5. The number of allylic oxidation sites excluding steroid dienone is 10. The van der Waals surface area contributed by atoms with E-state index in [2.05, 4.69) is 5.32 Å². The van der Waals surface area contributed by atoms with Crippen LogP contribution in [0, 0.1) is 11.3 Å². The highest BCUT2D eigenvalue weighted by atomic mass is 16.5. The number of methoxy groups -OCH3 is 3. The highest BCUT2D eigenvalue weighted by Crippen LogP contribution is 2.59. The van der Waals surface area contributed by atoms with Crippen molar-refractivity contribution in [2.24, 2.45) is 26.3 Å². The van der Waals surface area contributed by atoms with Gasteiger partial charge in [0.2, 0.25) is 0 Å². The van der Waals surface area contributed by atoms with Gasteiger partial charge in [-0.2, -0.15) is 0 Å². The number of fused-ring (bicyclic) bond motifs is 8. The topological polar surface area (TPSA) is 189 Å². The number of carbonyl (C=O) groups is 3. The van der Waals surface area contributed by atoms with Gasteiger partial charge in [-0.25, -0.2) is 19.8 Å². The molecule has 13 heteroatoms. The van der Waals surface area contributed by atoms with Crippen molar-refractivity contribution in [1.82, 2.24) is 5.32 Å². The summed E-state index contributed by atoms with van der Waals surface area (Å²) in [5.41, 5.74) is 4.94. The van der Waals surface area contributed by atoms with Gasteiger partial charge in [-0.05, 0) is 92.7 Å². The molecule has 13 nitrogen and oxygen atoms in total. The summed E-state index contributed by atoms with van der Waals surface area (Å²) in [5.74, 6) is -3.39. The number of rotatable bonds is 6. The highest BCUT2D eigenvalue weighted by molar-refractivity contribution is 6.22. The van der Waals surface area contributed by atoms with E-state index in [4.69, 9.17) is 29.2 Å². The van der Waals surface area contributed by atoms with Crippen LogP contribution >= 0.6 is 0 Å². The van der Waals surface area contributed by atoms with Crippen LogP contribution in [0.25, 0.3) is 0 Å². The molecule has 0 radical (unpaired) electrons. The number of esters is 3. The van der Waals surface area contributed by atoms with Crippen LogP contribution in [0.1, 0.15) is 60.3 Å². The van der Waals surface area contributed by atoms with Crippen LogP contribution in [0.15, 0.2) is 118 Å². The monoisotopic (exact) mass is 722 g/mol. The Morgan fingerprint density at radius 1 is 0.925 bits per heavy atom. The number of aliphatic hydroxyl groups excluding tert-OH is 2. The summed E-state index contributed by atoms with van der Waals surface area (Å²) < 4.78 is 15.2. The number of hydrogen-bond donors (Lipinski definition) is 4. The normalized spacial score (nSPS) is 28.6. The average molecular weight is 723 g/mol. The lowest BCUT2D eigenvalue weighted by Gasteiger charge is -2.48. The van der Waals surface area contributed by atoms with E-state index in [1.807, 2.05) is 33.8 Å². The number of carbonyl (C=O) groups excluding carboxylic acids is 3. The predicted octanol–water partition coefficient (Wildman–Crippen LogP) is 4.36. The van der Waals surface area contributed by atoms with Crippen molar-refractivity contribution in [3.8, 4) is 0 Å². The Labute approximate surface area is 306 Å². The van der Waals surface area contributed by atoms with E-state index in [1.165, 1.54) is 21.3 Å². The zero-order valence-corrected chi connectivity index (χ0v) is 30.9. The van der Waals surface area contributed by atoms with Crippen molar-refractivity contribution < 1.29 is 43.9 Å². The van der Waals surface area contributed by atoms with Crippen molar-refractivity contribution >= 4 is 35.0 Å². The van der Waals surface area contributed by atoms with Crippen LogP contribution in [0.5, 0.6) is 0 Å². The maximum absolute atomic E-state index is 13.8. The minimum atomic E-state index is -2.21. The van der Waals surface area contributed by atoms with E-state index in [0.29, 0.717) is 57.4 Å².